The molecule has 2 aliphatic rings. The molecule has 76 valence electrons. The molecule has 0 aromatic heterocycles. The zero-order valence-electron chi connectivity index (χ0n) is 8.80. The van der Waals surface area contributed by atoms with Crippen LogP contribution in [0.2, 0.25) is 0 Å². The summed E-state index contributed by atoms with van der Waals surface area (Å²) < 4.78 is 18.3. The largest absolute Gasteiger partial charge is 0.390 e. The molecule has 0 radical (unpaired) electrons. The molecule has 0 unspecified atom stereocenters. The van der Waals surface area contributed by atoms with Crippen molar-refractivity contribution < 1.29 is 21.1 Å². The van der Waals surface area contributed by atoms with Gasteiger partial charge in [-0.2, -0.15) is 0 Å². The number of ether oxygens (including phenoxy) is 2. The topological polar surface area (TPSA) is 58.9 Å². The van der Waals surface area contributed by atoms with Crippen LogP contribution in [0.4, 0.5) is 0 Å². The third-order valence-corrected chi connectivity index (χ3v) is 2.71. The molecule has 5 atom stereocenters. The molecule has 0 spiro atoms. The van der Waals surface area contributed by atoms with Crippen LogP contribution in [0.3, 0.4) is 0 Å². The predicted octanol–water partition coefficient (Wildman–Crippen LogP) is -0.122. The van der Waals surface area contributed by atoms with Crippen molar-refractivity contribution in [2.75, 3.05) is 0 Å². The molecule has 4 heteroatoms. The van der Waals surface area contributed by atoms with Crippen molar-refractivity contribution in [2.45, 2.75) is 51.0 Å². The van der Waals surface area contributed by atoms with E-state index in [0.29, 0.717) is 0 Å². The Labute approximate surface area is 78.9 Å². The molecule has 0 aromatic carbocycles. The third kappa shape index (κ3) is 1.29. The third-order valence-electron chi connectivity index (χ3n) is 2.71. The van der Waals surface area contributed by atoms with Crippen LogP contribution in [0, 0.1) is 5.92 Å². The first-order valence-corrected chi connectivity index (χ1v) is 4.47. The van der Waals surface area contributed by atoms with Crippen LogP contribution in [0.25, 0.3) is 0 Å². The summed E-state index contributed by atoms with van der Waals surface area (Å²) in [4.78, 5) is 0. The zero-order valence-corrected chi connectivity index (χ0v) is 7.80. The summed E-state index contributed by atoms with van der Waals surface area (Å²) in [6, 6.07) is 0. The maximum absolute atomic E-state index is 9.66. The van der Waals surface area contributed by atoms with E-state index in [-0.39, 0.29) is 18.9 Å². The molecule has 2 fully saturated rings. The lowest BCUT2D eigenvalue weighted by atomic mass is 10.1. The van der Waals surface area contributed by atoms with Crippen molar-refractivity contribution in [1.29, 1.82) is 0 Å². The van der Waals surface area contributed by atoms with Crippen LogP contribution < -0.4 is 0 Å². The van der Waals surface area contributed by atoms with Crippen LogP contribution >= 0.6 is 0 Å². The molecular weight excluding hydrogens is 172 g/mol. The fourth-order valence-electron chi connectivity index (χ4n) is 2.05. The van der Waals surface area contributed by atoms with Crippen molar-refractivity contribution >= 4 is 0 Å². The van der Waals surface area contributed by atoms with Crippen LogP contribution in [-0.4, -0.2) is 40.4 Å². The van der Waals surface area contributed by atoms with E-state index in [2.05, 4.69) is 0 Å². The molecule has 13 heavy (non-hydrogen) atoms. The number of aliphatic hydroxyl groups is 2. The van der Waals surface area contributed by atoms with Gasteiger partial charge in [-0.25, -0.2) is 0 Å². The van der Waals surface area contributed by atoms with Crippen molar-refractivity contribution in [3.8, 4) is 0 Å². The Kier molecular flexibility index (Phi) is 1.68. The number of hydrogen-bond acceptors (Lipinski definition) is 4. The van der Waals surface area contributed by atoms with Gasteiger partial charge < -0.3 is 19.7 Å². The van der Waals surface area contributed by atoms with Gasteiger partial charge in [0.25, 0.3) is 0 Å². The summed E-state index contributed by atoms with van der Waals surface area (Å²) in [6.45, 7) is 3.58. The lowest BCUT2D eigenvalue weighted by molar-refractivity contribution is -0.179. The molecule has 1 aliphatic carbocycles. The Morgan fingerprint density at radius 2 is 1.77 bits per heavy atom. The maximum Gasteiger partial charge on any atom is 0.163 e. The van der Waals surface area contributed by atoms with E-state index < -0.39 is 24.1 Å². The van der Waals surface area contributed by atoms with E-state index in [4.69, 9.17) is 10.8 Å². The summed E-state index contributed by atoms with van der Waals surface area (Å²) in [5.74, 6) is -1.07. The fraction of sp³-hybridized carbons (Fsp3) is 1.00. The van der Waals surface area contributed by atoms with Gasteiger partial charge in [-0.3, -0.25) is 0 Å². The molecule has 0 aromatic rings. The van der Waals surface area contributed by atoms with Crippen molar-refractivity contribution in [2.24, 2.45) is 5.92 Å². The van der Waals surface area contributed by atoms with Crippen LogP contribution in [0.1, 0.15) is 22.1 Å². The highest BCUT2D eigenvalue weighted by Crippen LogP contribution is 2.41. The highest BCUT2D eigenvalue weighted by Gasteiger charge is 2.56. The molecule has 2 N–H and O–H groups in total. The van der Waals surface area contributed by atoms with E-state index >= 15 is 0 Å². The molecule has 1 saturated carbocycles. The van der Waals surface area contributed by atoms with E-state index in [1.807, 2.05) is 0 Å². The molecule has 0 amide bonds. The second kappa shape index (κ2) is 2.67. The average molecular weight is 189 g/mol. The van der Waals surface area contributed by atoms with E-state index in [1.165, 1.54) is 0 Å². The summed E-state index contributed by atoms with van der Waals surface area (Å²) in [5.41, 5.74) is 0. The molecular formula is C9H16O4. The SMILES string of the molecule is [2H]C[C@H]1[C@H](O)[C@H](O)[C@H]2OC(C)(C)O[C@@H]12. The number of rotatable bonds is 0. The van der Waals surface area contributed by atoms with Crippen LogP contribution in [0.5, 0.6) is 0 Å². The highest BCUT2D eigenvalue weighted by atomic mass is 16.8. The quantitative estimate of drug-likeness (QED) is 0.557. The Morgan fingerprint density at radius 3 is 2.38 bits per heavy atom. The van der Waals surface area contributed by atoms with Gasteiger partial charge in [0, 0.05) is 7.29 Å². The highest BCUT2D eigenvalue weighted by molar-refractivity contribution is 5.02. The lowest BCUT2D eigenvalue weighted by Crippen LogP contribution is -2.35. The monoisotopic (exact) mass is 189 g/mol. The smallest absolute Gasteiger partial charge is 0.163 e. The summed E-state index contributed by atoms with van der Waals surface area (Å²) >= 11 is 0. The van der Waals surface area contributed by atoms with E-state index in [9.17, 15) is 10.2 Å². The van der Waals surface area contributed by atoms with Gasteiger partial charge in [-0.1, -0.05) is 6.90 Å². The van der Waals surface area contributed by atoms with Gasteiger partial charge >= 0.3 is 0 Å². The number of fused-ring (bicyclic) bond motifs is 1. The second-order valence-corrected chi connectivity index (χ2v) is 4.21. The molecule has 1 heterocycles. The predicted molar refractivity (Wildman–Crippen MR) is 45.0 cm³/mol. The van der Waals surface area contributed by atoms with Gasteiger partial charge in [0.2, 0.25) is 0 Å². The zero-order chi connectivity index (χ0) is 10.5. The van der Waals surface area contributed by atoms with Crippen molar-refractivity contribution in [1.82, 2.24) is 0 Å². The first-order chi connectivity index (χ1) is 6.46. The maximum atomic E-state index is 9.66. The fourth-order valence-corrected chi connectivity index (χ4v) is 2.05. The van der Waals surface area contributed by atoms with Crippen LogP contribution in [0.15, 0.2) is 0 Å². The minimum absolute atomic E-state index is 0.0405. The van der Waals surface area contributed by atoms with Crippen molar-refractivity contribution in [3.05, 3.63) is 0 Å². The van der Waals surface area contributed by atoms with Gasteiger partial charge in [0.05, 0.1) is 12.2 Å². The number of hydrogen-bond donors (Lipinski definition) is 2. The lowest BCUT2D eigenvalue weighted by Gasteiger charge is -2.23. The molecule has 4 nitrogen and oxygen atoms in total. The molecule has 0 bridgehead atoms. The average Bonchev–Trinajstić information content (AvgIpc) is 2.50. The Balaban J connectivity index is 2.19. The Bertz CT molecular complexity index is 233. The molecule has 2 rings (SSSR count). The number of aliphatic hydroxyl groups excluding tert-OH is 2. The normalized spacial score (nSPS) is 54.8. The van der Waals surface area contributed by atoms with E-state index in [0.717, 1.165) is 0 Å². The summed E-state index contributed by atoms with van der Waals surface area (Å²) in [6.07, 6.45) is -2.68. The Hall–Kier alpha value is -0.160. The summed E-state index contributed by atoms with van der Waals surface area (Å²) in [5, 5.41) is 19.3. The van der Waals surface area contributed by atoms with Gasteiger partial charge in [-0.15, -0.1) is 0 Å². The van der Waals surface area contributed by atoms with Gasteiger partial charge in [0.15, 0.2) is 5.79 Å². The van der Waals surface area contributed by atoms with Gasteiger partial charge in [-0.05, 0) is 13.8 Å². The Morgan fingerprint density at radius 1 is 1.15 bits per heavy atom. The van der Waals surface area contributed by atoms with Gasteiger partial charge in [0.1, 0.15) is 12.2 Å². The minimum Gasteiger partial charge on any atom is -0.390 e. The minimum atomic E-state index is -0.933. The van der Waals surface area contributed by atoms with E-state index in [1.54, 1.807) is 13.8 Å². The molecule has 1 aliphatic heterocycles. The molecule has 1 saturated heterocycles. The first kappa shape index (κ1) is 8.17. The standard InChI is InChI=1S/C9H16O4/c1-4-5(10)6(11)8-7(4)12-9(2,3)13-8/h4-8,10-11H,1-3H3/t4-,5-,6-,7-,8+/m0/s1/i1D. The van der Waals surface area contributed by atoms with Crippen LogP contribution in [-0.2, 0) is 9.47 Å². The second-order valence-electron chi connectivity index (χ2n) is 4.21. The summed E-state index contributed by atoms with van der Waals surface area (Å²) in [7, 11) is 0. The first-order valence-electron chi connectivity index (χ1n) is 5.18. The van der Waals surface area contributed by atoms with Crippen molar-refractivity contribution in [3.63, 3.8) is 0 Å².